The maximum atomic E-state index is 14.1. The fraction of sp³-hybridized carbons (Fsp3) is 0.364. The SMILES string of the molecule is C[C@@H]1Cc2c([nH]c3ccccc23)C(c2ccc(Br)cc2OCF)N1CC(C)(F)F. The molecule has 1 aromatic heterocycles. The van der Waals surface area contributed by atoms with E-state index in [0.717, 1.165) is 33.6 Å². The summed E-state index contributed by atoms with van der Waals surface area (Å²) in [7, 11) is 0. The Balaban J connectivity index is 1.94. The van der Waals surface area contributed by atoms with Gasteiger partial charge in [0.2, 0.25) is 6.86 Å². The van der Waals surface area contributed by atoms with Crippen molar-refractivity contribution in [2.75, 3.05) is 13.4 Å². The first kappa shape index (κ1) is 20.3. The van der Waals surface area contributed by atoms with Crippen molar-refractivity contribution in [1.82, 2.24) is 9.88 Å². The number of ether oxygens (including phenoxy) is 1. The van der Waals surface area contributed by atoms with E-state index in [4.69, 9.17) is 4.74 Å². The third-order valence-corrected chi connectivity index (χ3v) is 5.95. The number of rotatable bonds is 5. The van der Waals surface area contributed by atoms with Crippen molar-refractivity contribution in [3.8, 4) is 5.75 Å². The average molecular weight is 467 g/mol. The first-order chi connectivity index (χ1) is 13.8. The number of alkyl halides is 3. The predicted octanol–water partition coefficient (Wildman–Crippen LogP) is 6.23. The molecule has 1 aliphatic rings. The van der Waals surface area contributed by atoms with Crippen LogP contribution in [-0.4, -0.2) is 35.3 Å². The molecule has 29 heavy (non-hydrogen) atoms. The molecule has 0 bridgehead atoms. The highest BCUT2D eigenvalue weighted by molar-refractivity contribution is 9.10. The number of benzene rings is 2. The third kappa shape index (κ3) is 3.90. The van der Waals surface area contributed by atoms with E-state index in [0.29, 0.717) is 17.7 Å². The van der Waals surface area contributed by atoms with Crippen LogP contribution >= 0.6 is 15.9 Å². The molecule has 154 valence electrons. The van der Waals surface area contributed by atoms with E-state index in [1.54, 1.807) is 11.0 Å². The number of fused-ring (bicyclic) bond motifs is 3. The summed E-state index contributed by atoms with van der Waals surface area (Å²) in [6.45, 7) is 1.49. The van der Waals surface area contributed by atoms with Gasteiger partial charge in [0.1, 0.15) is 5.75 Å². The second-order valence-corrected chi connectivity index (χ2v) is 8.61. The lowest BCUT2D eigenvalue weighted by Gasteiger charge is -2.42. The lowest BCUT2D eigenvalue weighted by molar-refractivity contribution is -0.0370. The van der Waals surface area contributed by atoms with Gasteiger partial charge in [-0.05, 0) is 37.1 Å². The molecule has 0 radical (unpaired) electrons. The number of halogens is 4. The molecule has 1 aliphatic heterocycles. The van der Waals surface area contributed by atoms with Crippen LogP contribution in [0.2, 0.25) is 0 Å². The number of nitrogens with one attached hydrogen (secondary N) is 1. The maximum Gasteiger partial charge on any atom is 0.257 e. The molecule has 2 aromatic carbocycles. The summed E-state index contributed by atoms with van der Waals surface area (Å²) in [5.41, 5.74) is 3.60. The summed E-state index contributed by atoms with van der Waals surface area (Å²) in [4.78, 5) is 5.22. The lowest BCUT2D eigenvalue weighted by atomic mass is 9.88. The highest BCUT2D eigenvalue weighted by Crippen LogP contribution is 2.44. The van der Waals surface area contributed by atoms with Crippen LogP contribution in [0.4, 0.5) is 13.2 Å². The van der Waals surface area contributed by atoms with Gasteiger partial charge in [-0.2, -0.15) is 0 Å². The van der Waals surface area contributed by atoms with Crippen LogP contribution in [0.3, 0.4) is 0 Å². The zero-order chi connectivity index (χ0) is 20.8. The molecule has 1 unspecified atom stereocenters. The summed E-state index contributed by atoms with van der Waals surface area (Å²) in [6.07, 6.45) is 0.655. The molecule has 0 spiro atoms. The molecular formula is C22H22BrF3N2O. The Morgan fingerprint density at radius 1 is 1.24 bits per heavy atom. The van der Waals surface area contributed by atoms with Gasteiger partial charge in [0.25, 0.3) is 5.92 Å². The lowest BCUT2D eigenvalue weighted by Crippen LogP contribution is -2.47. The topological polar surface area (TPSA) is 28.3 Å². The van der Waals surface area contributed by atoms with E-state index in [-0.39, 0.29) is 6.04 Å². The fourth-order valence-corrected chi connectivity index (χ4v) is 4.67. The molecule has 7 heteroatoms. The van der Waals surface area contributed by atoms with Crippen molar-refractivity contribution >= 4 is 26.8 Å². The average Bonchev–Trinajstić information content (AvgIpc) is 3.01. The maximum absolute atomic E-state index is 14.1. The van der Waals surface area contributed by atoms with Crippen molar-refractivity contribution in [3.63, 3.8) is 0 Å². The van der Waals surface area contributed by atoms with Crippen molar-refractivity contribution in [2.45, 2.75) is 38.3 Å². The zero-order valence-electron chi connectivity index (χ0n) is 16.2. The Hall–Kier alpha value is -1.99. The third-order valence-electron chi connectivity index (χ3n) is 5.46. The number of aromatic nitrogens is 1. The second kappa shape index (κ2) is 7.69. The highest BCUT2D eigenvalue weighted by atomic mass is 79.9. The number of para-hydroxylation sites is 1. The van der Waals surface area contributed by atoms with Crippen LogP contribution in [0.15, 0.2) is 46.9 Å². The Morgan fingerprint density at radius 3 is 2.72 bits per heavy atom. The molecule has 0 amide bonds. The monoisotopic (exact) mass is 466 g/mol. The minimum atomic E-state index is -2.87. The smallest absolute Gasteiger partial charge is 0.257 e. The van der Waals surface area contributed by atoms with Gasteiger partial charge in [-0.1, -0.05) is 40.2 Å². The van der Waals surface area contributed by atoms with E-state index in [1.807, 2.05) is 43.3 Å². The quantitative estimate of drug-likeness (QED) is 0.482. The zero-order valence-corrected chi connectivity index (χ0v) is 17.8. The van der Waals surface area contributed by atoms with Gasteiger partial charge < -0.3 is 9.72 Å². The normalized spacial score (nSPS) is 20.1. The molecule has 0 fully saturated rings. The van der Waals surface area contributed by atoms with Gasteiger partial charge in [0.05, 0.1) is 12.6 Å². The summed E-state index contributed by atoms with van der Waals surface area (Å²) in [6, 6.07) is 12.6. The van der Waals surface area contributed by atoms with Gasteiger partial charge in [0.15, 0.2) is 0 Å². The van der Waals surface area contributed by atoms with Gasteiger partial charge in [0, 0.05) is 39.6 Å². The molecule has 1 N–H and O–H groups in total. The summed E-state index contributed by atoms with van der Waals surface area (Å²) in [5.74, 6) is -2.53. The molecule has 0 aliphatic carbocycles. The minimum Gasteiger partial charge on any atom is -0.463 e. The van der Waals surface area contributed by atoms with Crippen LogP contribution in [0.5, 0.6) is 5.75 Å². The predicted molar refractivity (Wildman–Crippen MR) is 111 cm³/mol. The standard InChI is InChI=1S/C22H22BrF3N2O/c1-13-9-17-15-5-3-4-6-18(15)27-20(17)21(28(13)11-22(2,25)26)16-8-7-14(23)10-19(16)29-12-24/h3-8,10,13,21,27H,9,11-12H2,1-2H3/t13-,21?/m1/s1. The fourth-order valence-electron chi connectivity index (χ4n) is 4.33. The van der Waals surface area contributed by atoms with Crippen LogP contribution < -0.4 is 4.74 Å². The largest absolute Gasteiger partial charge is 0.463 e. The molecule has 3 nitrogen and oxygen atoms in total. The number of nitrogens with zero attached hydrogens (tertiary/aromatic N) is 1. The molecular weight excluding hydrogens is 445 g/mol. The first-order valence-corrected chi connectivity index (χ1v) is 10.3. The summed E-state index contributed by atoms with van der Waals surface area (Å²) < 4.78 is 47.3. The van der Waals surface area contributed by atoms with Gasteiger partial charge in [-0.25, -0.2) is 13.2 Å². The first-order valence-electron chi connectivity index (χ1n) is 9.50. The highest BCUT2D eigenvalue weighted by Gasteiger charge is 2.40. The Bertz CT molecular complexity index is 1030. The van der Waals surface area contributed by atoms with E-state index < -0.39 is 25.4 Å². The van der Waals surface area contributed by atoms with Gasteiger partial charge in [-0.15, -0.1) is 0 Å². The van der Waals surface area contributed by atoms with Crippen LogP contribution in [-0.2, 0) is 6.42 Å². The minimum absolute atomic E-state index is 0.126. The summed E-state index contributed by atoms with van der Waals surface area (Å²) >= 11 is 3.38. The molecule has 2 atom stereocenters. The van der Waals surface area contributed by atoms with E-state index in [2.05, 4.69) is 20.9 Å². The van der Waals surface area contributed by atoms with Crippen molar-refractivity contribution < 1.29 is 17.9 Å². The van der Waals surface area contributed by atoms with Gasteiger partial charge >= 0.3 is 0 Å². The van der Waals surface area contributed by atoms with Gasteiger partial charge in [-0.3, -0.25) is 4.90 Å². The molecule has 4 rings (SSSR count). The van der Waals surface area contributed by atoms with Crippen molar-refractivity contribution in [3.05, 3.63) is 63.8 Å². The molecule has 2 heterocycles. The second-order valence-electron chi connectivity index (χ2n) is 7.70. The van der Waals surface area contributed by atoms with E-state index in [1.165, 1.54) is 0 Å². The van der Waals surface area contributed by atoms with E-state index >= 15 is 0 Å². The molecule has 3 aromatic rings. The van der Waals surface area contributed by atoms with Crippen molar-refractivity contribution in [2.24, 2.45) is 0 Å². The Kier molecular flexibility index (Phi) is 5.38. The van der Waals surface area contributed by atoms with E-state index in [9.17, 15) is 13.2 Å². The van der Waals surface area contributed by atoms with Crippen LogP contribution in [0.1, 0.15) is 36.7 Å². The number of aromatic amines is 1. The Labute approximate surface area is 176 Å². The van der Waals surface area contributed by atoms with Crippen LogP contribution in [0.25, 0.3) is 10.9 Å². The Morgan fingerprint density at radius 2 is 2.00 bits per heavy atom. The number of H-pyrrole nitrogens is 1. The summed E-state index contributed by atoms with van der Waals surface area (Å²) in [5, 5.41) is 1.09. The number of hydrogen-bond acceptors (Lipinski definition) is 2. The van der Waals surface area contributed by atoms with Crippen molar-refractivity contribution in [1.29, 1.82) is 0 Å². The van der Waals surface area contributed by atoms with Crippen LogP contribution in [0, 0.1) is 0 Å². The number of hydrogen-bond donors (Lipinski definition) is 1. The molecule has 0 saturated heterocycles. The molecule has 0 saturated carbocycles.